The normalized spacial score (nSPS) is 19.3. The summed E-state index contributed by atoms with van der Waals surface area (Å²) < 4.78 is 0. The van der Waals surface area contributed by atoms with Crippen molar-refractivity contribution in [1.82, 2.24) is 9.88 Å². The summed E-state index contributed by atoms with van der Waals surface area (Å²) in [6, 6.07) is 9.48. The first kappa shape index (κ1) is 15.4. The van der Waals surface area contributed by atoms with Gasteiger partial charge in [0.05, 0.1) is 12.4 Å². The summed E-state index contributed by atoms with van der Waals surface area (Å²) in [5.74, 6) is 0.0306. The van der Waals surface area contributed by atoms with E-state index in [1.165, 1.54) is 12.8 Å². The van der Waals surface area contributed by atoms with Gasteiger partial charge in [0, 0.05) is 28.6 Å². The van der Waals surface area contributed by atoms with Crippen LogP contribution in [-0.2, 0) is 4.79 Å². The molecule has 1 amide bonds. The molecule has 0 aliphatic carbocycles. The lowest BCUT2D eigenvalue weighted by molar-refractivity contribution is -0.113. The van der Waals surface area contributed by atoms with Crippen molar-refractivity contribution in [2.75, 3.05) is 24.7 Å². The third-order valence-electron chi connectivity index (χ3n) is 4.55. The van der Waals surface area contributed by atoms with E-state index in [1.807, 2.05) is 41.3 Å². The SMILES string of the molecule is O=C1/C(=C\c2cccnc2)c2ccc(Cl)cc2N1CN1CCCC1. The van der Waals surface area contributed by atoms with Gasteiger partial charge in [0.25, 0.3) is 5.91 Å². The molecule has 3 heterocycles. The summed E-state index contributed by atoms with van der Waals surface area (Å²) in [6.07, 6.45) is 7.79. The van der Waals surface area contributed by atoms with Crippen molar-refractivity contribution in [2.45, 2.75) is 12.8 Å². The van der Waals surface area contributed by atoms with Crippen molar-refractivity contribution in [3.05, 3.63) is 58.9 Å². The van der Waals surface area contributed by atoms with E-state index < -0.39 is 0 Å². The average Bonchev–Trinajstić information content (AvgIpc) is 3.19. The third-order valence-corrected chi connectivity index (χ3v) is 4.79. The van der Waals surface area contributed by atoms with E-state index in [0.29, 0.717) is 17.3 Å². The Balaban J connectivity index is 1.74. The maximum absolute atomic E-state index is 13.0. The van der Waals surface area contributed by atoms with Crippen LogP contribution in [0.5, 0.6) is 0 Å². The predicted octanol–water partition coefficient (Wildman–Crippen LogP) is 3.68. The van der Waals surface area contributed by atoms with Gasteiger partial charge in [-0.2, -0.15) is 0 Å². The van der Waals surface area contributed by atoms with Crippen LogP contribution in [0, 0.1) is 0 Å². The minimum Gasteiger partial charge on any atom is -0.294 e. The molecule has 2 aliphatic heterocycles. The number of carbonyl (C=O) groups excluding carboxylic acids is 1. The fourth-order valence-corrected chi connectivity index (χ4v) is 3.52. The number of rotatable bonds is 3. The average molecular weight is 340 g/mol. The second-order valence-electron chi connectivity index (χ2n) is 6.21. The Morgan fingerprint density at radius 1 is 1.21 bits per heavy atom. The first-order chi connectivity index (χ1) is 11.7. The van der Waals surface area contributed by atoms with Crippen LogP contribution in [0.2, 0.25) is 5.02 Å². The Bertz CT molecular complexity index is 798. The van der Waals surface area contributed by atoms with Gasteiger partial charge >= 0.3 is 0 Å². The van der Waals surface area contributed by atoms with Gasteiger partial charge in [-0.15, -0.1) is 0 Å². The monoisotopic (exact) mass is 339 g/mol. The fraction of sp³-hybridized carbons (Fsp3) is 0.263. The summed E-state index contributed by atoms with van der Waals surface area (Å²) in [5.41, 5.74) is 3.46. The number of carbonyl (C=O) groups is 1. The molecule has 2 aliphatic rings. The van der Waals surface area contributed by atoms with Gasteiger partial charge in [0.1, 0.15) is 0 Å². The van der Waals surface area contributed by atoms with Crippen LogP contribution in [0.25, 0.3) is 11.6 Å². The Labute approximate surface area is 146 Å². The van der Waals surface area contributed by atoms with Crippen LogP contribution in [0.1, 0.15) is 24.0 Å². The Morgan fingerprint density at radius 3 is 2.79 bits per heavy atom. The van der Waals surface area contributed by atoms with E-state index in [1.54, 1.807) is 12.4 Å². The second-order valence-corrected chi connectivity index (χ2v) is 6.64. The quantitative estimate of drug-likeness (QED) is 0.800. The number of likely N-dealkylation sites (tertiary alicyclic amines) is 1. The Hall–Kier alpha value is -2.17. The van der Waals surface area contributed by atoms with Gasteiger partial charge in [-0.3, -0.25) is 19.6 Å². The number of hydrogen-bond donors (Lipinski definition) is 0. The maximum Gasteiger partial charge on any atom is 0.260 e. The number of aromatic nitrogens is 1. The zero-order valence-electron chi connectivity index (χ0n) is 13.3. The molecule has 1 aromatic carbocycles. The largest absolute Gasteiger partial charge is 0.294 e. The minimum absolute atomic E-state index is 0.0306. The lowest BCUT2D eigenvalue weighted by atomic mass is 10.1. The van der Waals surface area contributed by atoms with Gasteiger partial charge in [0.15, 0.2) is 0 Å². The number of nitrogens with zero attached hydrogens (tertiary/aromatic N) is 3. The molecular weight excluding hydrogens is 322 g/mol. The molecule has 0 saturated carbocycles. The van der Waals surface area contributed by atoms with Crippen molar-refractivity contribution >= 4 is 34.8 Å². The van der Waals surface area contributed by atoms with Gasteiger partial charge in [0.2, 0.25) is 0 Å². The zero-order chi connectivity index (χ0) is 16.5. The molecule has 2 aromatic rings. The first-order valence-electron chi connectivity index (χ1n) is 8.18. The van der Waals surface area contributed by atoms with E-state index >= 15 is 0 Å². The number of amides is 1. The van der Waals surface area contributed by atoms with Crippen LogP contribution in [0.3, 0.4) is 0 Å². The predicted molar refractivity (Wildman–Crippen MR) is 96.7 cm³/mol. The van der Waals surface area contributed by atoms with E-state index in [4.69, 9.17) is 11.6 Å². The molecule has 1 fully saturated rings. The molecule has 1 saturated heterocycles. The number of anilines is 1. The molecule has 0 spiro atoms. The first-order valence-corrected chi connectivity index (χ1v) is 8.56. The smallest absolute Gasteiger partial charge is 0.260 e. The summed E-state index contributed by atoms with van der Waals surface area (Å²) in [6.45, 7) is 2.71. The number of fused-ring (bicyclic) bond motifs is 1. The Kier molecular flexibility index (Phi) is 4.08. The van der Waals surface area contributed by atoms with Gasteiger partial charge in [-0.1, -0.05) is 23.7 Å². The van der Waals surface area contributed by atoms with Crippen molar-refractivity contribution in [3.8, 4) is 0 Å². The zero-order valence-corrected chi connectivity index (χ0v) is 14.0. The second kappa shape index (κ2) is 6.38. The topological polar surface area (TPSA) is 36.4 Å². The highest BCUT2D eigenvalue weighted by Gasteiger charge is 2.33. The molecule has 4 nitrogen and oxygen atoms in total. The summed E-state index contributed by atoms with van der Waals surface area (Å²) in [5, 5.41) is 0.649. The van der Waals surface area contributed by atoms with Crippen LogP contribution < -0.4 is 4.90 Å². The highest BCUT2D eigenvalue weighted by Crippen LogP contribution is 2.39. The standard InChI is InChI=1S/C19H18ClN3O/c20-15-5-6-16-17(10-14-4-3-7-21-12-14)19(24)23(18(16)11-15)13-22-8-1-2-9-22/h3-7,10-12H,1-2,8-9,13H2/b17-10-. The van der Waals surface area contributed by atoms with Gasteiger partial charge in [-0.25, -0.2) is 0 Å². The lowest BCUT2D eigenvalue weighted by Crippen LogP contribution is -2.38. The fourth-order valence-electron chi connectivity index (χ4n) is 3.36. The van der Waals surface area contributed by atoms with Crippen LogP contribution in [0.4, 0.5) is 5.69 Å². The van der Waals surface area contributed by atoms with E-state index in [-0.39, 0.29) is 5.91 Å². The highest BCUT2D eigenvalue weighted by atomic mass is 35.5. The molecule has 0 N–H and O–H groups in total. The molecule has 122 valence electrons. The third kappa shape index (κ3) is 2.83. The van der Waals surface area contributed by atoms with E-state index in [2.05, 4.69) is 9.88 Å². The van der Waals surface area contributed by atoms with Gasteiger partial charge < -0.3 is 0 Å². The van der Waals surface area contributed by atoms with Crippen LogP contribution in [-0.4, -0.2) is 35.5 Å². The molecule has 0 unspecified atom stereocenters. The molecule has 1 aromatic heterocycles. The number of benzene rings is 1. The summed E-state index contributed by atoms with van der Waals surface area (Å²) in [7, 11) is 0. The molecule has 24 heavy (non-hydrogen) atoms. The van der Waals surface area contributed by atoms with Crippen molar-refractivity contribution in [1.29, 1.82) is 0 Å². The van der Waals surface area contributed by atoms with Crippen molar-refractivity contribution < 1.29 is 4.79 Å². The van der Waals surface area contributed by atoms with Crippen LogP contribution in [0.15, 0.2) is 42.7 Å². The van der Waals surface area contributed by atoms with E-state index in [0.717, 1.165) is 29.9 Å². The van der Waals surface area contributed by atoms with Crippen molar-refractivity contribution in [3.63, 3.8) is 0 Å². The summed E-state index contributed by atoms with van der Waals surface area (Å²) in [4.78, 5) is 21.3. The van der Waals surface area contributed by atoms with Crippen LogP contribution >= 0.6 is 11.6 Å². The van der Waals surface area contributed by atoms with E-state index in [9.17, 15) is 4.79 Å². The van der Waals surface area contributed by atoms with Crippen molar-refractivity contribution in [2.24, 2.45) is 0 Å². The number of halogens is 1. The molecule has 0 radical (unpaired) electrons. The maximum atomic E-state index is 13.0. The van der Waals surface area contributed by atoms with Gasteiger partial charge in [-0.05, 0) is 55.8 Å². The molecule has 4 rings (SSSR count). The Morgan fingerprint density at radius 2 is 2.04 bits per heavy atom. The minimum atomic E-state index is 0.0306. The molecule has 5 heteroatoms. The summed E-state index contributed by atoms with van der Waals surface area (Å²) >= 11 is 6.18. The highest BCUT2D eigenvalue weighted by molar-refractivity contribution is 6.37. The number of pyridine rings is 1. The molecule has 0 atom stereocenters. The molecule has 0 bridgehead atoms. The lowest BCUT2D eigenvalue weighted by Gasteiger charge is -2.24. The molecular formula is C19H18ClN3O. The number of hydrogen-bond acceptors (Lipinski definition) is 3.